The van der Waals surface area contributed by atoms with E-state index in [2.05, 4.69) is 11.1 Å². The van der Waals surface area contributed by atoms with Crippen LogP contribution in [0.15, 0.2) is 28.7 Å². The van der Waals surface area contributed by atoms with E-state index < -0.39 is 15.3 Å². The lowest BCUT2D eigenvalue weighted by Crippen LogP contribution is -2.48. The number of anilines is 1. The van der Waals surface area contributed by atoms with Crippen LogP contribution in [0.3, 0.4) is 0 Å². The van der Waals surface area contributed by atoms with Gasteiger partial charge in [-0.2, -0.15) is 14.6 Å². The molecule has 3 heterocycles. The van der Waals surface area contributed by atoms with Crippen LogP contribution in [-0.2, 0) is 14.8 Å². The molecule has 2 aliphatic rings. The van der Waals surface area contributed by atoms with Gasteiger partial charge in [-0.15, -0.1) is 0 Å². The first-order valence-electron chi connectivity index (χ1n) is 9.78. The van der Waals surface area contributed by atoms with E-state index in [9.17, 15) is 13.7 Å². The molecule has 2 fully saturated rings. The highest BCUT2D eigenvalue weighted by atomic mass is 32.2. The molecule has 9 heteroatoms. The van der Waals surface area contributed by atoms with Gasteiger partial charge >= 0.3 is 0 Å². The van der Waals surface area contributed by atoms with Crippen molar-refractivity contribution >= 4 is 15.9 Å². The summed E-state index contributed by atoms with van der Waals surface area (Å²) < 4.78 is 38.5. The molecule has 0 atom stereocenters. The van der Waals surface area contributed by atoms with E-state index in [1.165, 1.54) is 0 Å². The van der Waals surface area contributed by atoms with E-state index in [0.717, 1.165) is 11.1 Å². The van der Waals surface area contributed by atoms with Gasteiger partial charge in [0.25, 0.3) is 0 Å². The summed E-state index contributed by atoms with van der Waals surface area (Å²) in [4.78, 5) is 6.26. The Labute approximate surface area is 170 Å². The summed E-state index contributed by atoms with van der Waals surface area (Å²) in [5, 5.41) is 9.08. The number of oxazole rings is 1. The van der Waals surface area contributed by atoms with Crippen molar-refractivity contribution in [2.75, 3.05) is 44.3 Å². The van der Waals surface area contributed by atoms with Crippen LogP contribution in [0.2, 0.25) is 0 Å². The zero-order valence-corrected chi connectivity index (χ0v) is 17.2. The maximum atomic E-state index is 12.9. The van der Waals surface area contributed by atoms with Gasteiger partial charge in [-0.25, -0.2) is 8.42 Å². The first kappa shape index (κ1) is 19.9. The van der Waals surface area contributed by atoms with Gasteiger partial charge in [0.1, 0.15) is 6.07 Å². The number of piperidine rings is 1. The molecule has 0 N–H and O–H groups in total. The molecular weight excluding hydrogens is 392 g/mol. The zero-order valence-electron chi connectivity index (χ0n) is 16.4. The normalized spacial score (nSPS) is 19.2. The monoisotopic (exact) mass is 416 g/mol. The third kappa shape index (κ3) is 4.01. The summed E-state index contributed by atoms with van der Waals surface area (Å²) in [6, 6.07) is 9.85. The molecule has 29 heavy (non-hydrogen) atoms. The average Bonchev–Trinajstić information content (AvgIpc) is 3.19. The lowest BCUT2D eigenvalue weighted by molar-refractivity contribution is 0.0724. The van der Waals surface area contributed by atoms with Gasteiger partial charge < -0.3 is 14.1 Å². The minimum absolute atomic E-state index is 0.232. The predicted octanol–water partition coefficient (Wildman–Crippen LogP) is 2.15. The summed E-state index contributed by atoms with van der Waals surface area (Å²) in [5.74, 6) is 0.824. The van der Waals surface area contributed by atoms with Crippen LogP contribution in [0, 0.1) is 18.3 Å². The molecule has 0 spiro atoms. The smallest absolute Gasteiger partial charge is 0.235 e. The Morgan fingerprint density at radius 3 is 2.38 bits per heavy atom. The maximum Gasteiger partial charge on any atom is 0.235 e. The van der Waals surface area contributed by atoms with Gasteiger partial charge in [0.2, 0.25) is 27.5 Å². The van der Waals surface area contributed by atoms with E-state index in [4.69, 9.17) is 9.15 Å². The fourth-order valence-corrected chi connectivity index (χ4v) is 5.67. The first-order chi connectivity index (χ1) is 14.0. The van der Waals surface area contributed by atoms with Gasteiger partial charge in [-0.3, -0.25) is 0 Å². The van der Waals surface area contributed by atoms with Crippen LogP contribution in [0.4, 0.5) is 5.88 Å². The van der Waals surface area contributed by atoms with Crippen LogP contribution < -0.4 is 4.90 Å². The van der Waals surface area contributed by atoms with Crippen molar-refractivity contribution in [2.24, 2.45) is 0 Å². The first-order valence-corrected chi connectivity index (χ1v) is 11.3. The Balaban J connectivity index is 1.48. The van der Waals surface area contributed by atoms with Gasteiger partial charge in [-0.05, 0) is 31.9 Å². The van der Waals surface area contributed by atoms with E-state index >= 15 is 0 Å². The third-order valence-corrected chi connectivity index (χ3v) is 7.89. The third-order valence-electron chi connectivity index (χ3n) is 5.49. The molecule has 0 unspecified atom stereocenters. The lowest BCUT2D eigenvalue weighted by Gasteiger charge is -2.35. The lowest BCUT2D eigenvalue weighted by atomic mass is 10.1. The van der Waals surface area contributed by atoms with Gasteiger partial charge in [0, 0.05) is 31.7 Å². The summed E-state index contributed by atoms with van der Waals surface area (Å²) in [5.41, 5.74) is 2.17. The number of hydrogen-bond donors (Lipinski definition) is 0. The van der Waals surface area contributed by atoms with Gasteiger partial charge in [-0.1, -0.05) is 17.7 Å². The summed E-state index contributed by atoms with van der Waals surface area (Å²) in [7, 11) is -3.33. The molecule has 2 aliphatic heterocycles. The number of benzene rings is 1. The molecule has 8 nitrogen and oxygen atoms in total. The molecule has 2 saturated heterocycles. The largest absolute Gasteiger partial charge is 0.419 e. The number of aryl methyl sites for hydroxylation is 1. The Kier molecular flexibility index (Phi) is 5.58. The van der Waals surface area contributed by atoms with E-state index in [0.29, 0.717) is 64.0 Å². The quantitative estimate of drug-likeness (QED) is 0.753. The molecule has 0 radical (unpaired) electrons. The minimum atomic E-state index is -3.33. The maximum absolute atomic E-state index is 12.9. The molecule has 1 aromatic heterocycles. The van der Waals surface area contributed by atoms with Crippen molar-refractivity contribution in [3.05, 3.63) is 35.5 Å². The molecule has 0 amide bonds. The fraction of sp³-hybridized carbons (Fsp3) is 0.500. The number of nitrogens with zero attached hydrogens (tertiary/aromatic N) is 4. The Hall–Kier alpha value is -2.41. The predicted molar refractivity (Wildman–Crippen MR) is 108 cm³/mol. The van der Waals surface area contributed by atoms with Crippen LogP contribution in [0.25, 0.3) is 11.5 Å². The molecule has 2 aromatic rings. The van der Waals surface area contributed by atoms with Crippen LogP contribution in [0.5, 0.6) is 0 Å². The summed E-state index contributed by atoms with van der Waals surface area (Å²) >= 11 is 0. The number of aromatic nitrogens is 1. The van der Waals surface area contributed by atoms with Crippen molar-refractivity contribution in [3.63, 3.8) is 0 Å². The fourth-order valence-electron chi connectivity index (χ4n) is 3.79. The number of ether oxygens (including phenoxy) is 1. The van der Waals surface area contributed by atoms with Gasteiger partial charge in [0.15, 0.2) is 0 Å². The Bertz CT molecular complexity index is 996. The number of sulfonamides is 1. The van der Waals surface area contributed by atoms with Gasteiger partial charge in [0.05, 0.1) is 18.5 Å². The number of hydrogen-bond acceptors (Lipinski definition) is 7. The second-order valence-electron chi connectivity index (χ2n) is 7.39. The summed E-state index contributed by atoms with van der Waals surface area (Å²) in [6.45, 7) is 4.75. The van der Waals surface area contributed by atoms with Crippen molar-refractivity contribution in [2.45, 2.75) is 25.0 Å². The van der Waals surface area contributed by atoms with Crippen LogP contribution in [0.1, 0.15) is 24.1 Å². The van der Waals surface area contributed by atoms with Crippen LogP contribution in [-0.4, -0.2) is 62.3 Å². The number of nitriles is 1. The molecule has 1 aromatic carbocycles. The highest BCUT2D eigenvalue weighted by Gasteiger charge is 2.36. The molecule has 0 saturated carbocycles. The van der Waals surface area contributed by atoms with E-state index in [-0.39, 0.29) is 5.69 Å². The molecular formula is C20H24N4O4S. The van der Waals surface area contributed by atoms with Crippen molar-refractivity contribution in [1.29, 1.82) is 5.26 Å². The van der Waals surface area contributed by atoms with Crippen molar-refractivity contribution in [3.8, 4) is 17.5 Å². The average molecular weight is 417 g/mol. The number of rotatable bonds is 4. The summed E-state index contributed by atoms with van der Waals surface area (Å²) in [6.07, 6.45) is 0.982. The molecule has 4 rings (SSSR count). The SMILES string of the molecule is Cc1ccc(-c2nc(C#N)c(N3CCC(S(=O)(=O)N4CCOCC4)CC3)o2)cc1. The topological polar surface area (TPSA) is 99.7 Å². The van der Waals surface area contributed by atoms with Crippen molar-refractivity contribution in [1.82, 2.24) is 9.29 Å². The van der Waals surface area contributed by atoms with E-state index in [1.54, 1.807) is 4.31 Å². The Morgan fingerprint density at radius 1 is 1.10 bits per heavy atom. The van der Waals surface area contributed by atoms with E-state index in [1.807, 2.05) is 36.1 Å². The van der Waals surface area contributed by atoms with Crippen molar-refractivity contribution < 1.29 is 17.6 Å². The second-order valence-corrected chi connectivity index (χ2v) is 9.61. The zero-order chi connectivity index (χ0) is 20.4. The molecule has 0 bridgehead atoms. The second kappa shape index (κ2) is 8.14. The minimum Gasteiger partial charge on any atom is -0.419 e. The number of morpholine rings is 1. The van der Waals surface area contributed by atoms with Crippen LogP contribution >= 0.6 is 0 Å². The highest BCUT2D eigenvalue weighted by molar-refractivity contribution is 7.89. The molecule has 0 aliphatic carbocycles. The Morgan fingerprint density at radius 2 is 1.76 bits per heavy atom. The standard InChI is InChI=1S/C20H24N4O4S/c1-15-2-4-16(5-3-15)19-22-18(14-21)20(28-19)23-8-6-17(7-9-23)29(25,26)24-10-12-27-13-11-24/h2-5,17H,6-13H2,1H3. The highest BCUT2D eigenvalue weighted by Crippen LogP contribution is 2.31. The molecule has 154 valence electrons.